The number of amides is 1. The molecule has 0 saturated carbocycles. The molecule has 0 bridgehead atoms. The predicted molar refractivity (Wildman–Crippen MR) is 105 cm³/mol. The maximum atomic E-state index is 13.1. The molecule has 0 aromatic heterocycles. The minimum Gasteiger partial charge on any atom is -0.349 e. The van der Waals surface area contributed by atoms with Gasteiger partial charge in [-0.05, 0) is 30.0 Å². The minimum absolute atomic E-state index is 0.0509. The highest BCUT2D eigenvalue weighted by Crippen LogP contribution is 2.43. The summed E-state index contributed by atoms with van der Waals surface area (Å²) in [5.74, 6) is 0.123. The van der Waals surface area contributed by atoms with Gasteiger partial charge in [-0.2, -0.15) is 0 Å². The second kappa shape index (κ2) is 7.17. The Morgan fingerprint density at radius 3 is 1.92 bits per heavy atom. The van der Waals surface area contributed by atoms with E-state index >= 15 is 0 Å². The van der Waals surface area contributed by atoms with Crippen molar-refractivity contribution in [2.45, 2.75) is 31.2 Å². The van der Waals surface area contributed by atoms with Crippen molar-refractivity contribution < 1.29 is 4.79 Å². The number of rotatable bonds is 3. The van der Waals surface area contributed by atoms with E-state index in [-0.39, 0.29) is 23.8 Å². The number of hydrogen-bond donors (Lipinski definition) is 1. The minimum atomic E-state index is -0.154. The topological polar surface area (TPSA) is 29.1 Å². The summed E-state index contributed by atoms with van der Waals surface area (Å²) in [6, 6.07) is 29.1. The molecule has 130 valence electrons. The lowest BCUT2D eigenvalue weighted by molar-refractivity contribution is -0.125. The molecule has 3 aromatic carbocycles. The van der Waals surface area contributed by atoms with Crippen LogP contribution in [0.4, 0.5) is 0 Å². The van der Waals surface area contributed by atoms with Gasteiger partial charge in [0.25, 0.3) is 0 Å². The highest BCUT2D eigenvalue weighted by Gasteiger charge is 2.38. The Balaban J connectivity index is 1.74. The zero-order valence-corrected chi connectivity index (χ0v) is 14.9. The molecule has 1 N–H and O–H groups in total. The van der Waals surface area contributed by atoms with Gasteiger partial charge < -0.3 is 5.32 Å². The van der Waals surface area contributed by atoms with E-state index in [4.69, 9.17) is 0 Å². The van der Waals surface area contributed by atoms with E-state index in [0.717, 1.165) is 12.0 Å². The van der Waals surface area contributed by atoms with Gasteiger partial charge in [-0.1, -0.05) is 90.5 Å². The molecule has 2 nitrogen and oxygen atoms in total. The summed E-state index contributed by atoms with van der Waals surface area (Å²) in [7, 11) is 0. The van der Waals surface area contributed by atoms with Crippen molar-refractivity contribution in [3.05, 3.63) is 107 Å². The molecule has 1 aliphatic heterocycles. The second-order valence-corrected chi connectivity index (χ2v) is 7.11. The van der Waals surface area contributed by atoms with Crippen LogP contribution in [-0.2, 0) is 4.79 Å². The van der Waals surface area contributed by atoms with Crippen molar-refractivity contribution in [2.75, 3.05) is 0 Å². The van der Waals surface area contributed by atoms with Crippen LogP contribution in [0.2, 0.25) is 0 Å². The fraction of sp³-hybridized carbons (Fsp3) is 0.208. The third-order valence-electron chi connectivity index (χ3n) is 5.36. The highest BCUT2D eigenvalue weighted by atomic mass is 16.2. The number of nitrogens with one attached hydrogen (secondary N) is 1. The van der Waals surface area contributed by atoms with E-state index in [1.807, 2.05) is 36.4 Å². The Kier molecular flexibility index (Phi) is 4.57. The lowest BCUT2D eigenvalue weighted by Crippen LogP contribution is -2.41. The van der Waals surface area contributed by atoms with Crippen LogP contribution >= 0.6 is 0 Å². The van der Waals surface area contributed by atoms with E-state index in [2.05, 4.69) is 60.8 Å². The molecule has 1 heterocycles. The normalized spacial score (nSPS) is 22.7. The third kappa shape index (κ3) is 3.28. The number of carbonyl (C=O) groups excluding carboxylic acids is 1. The lowest BCUT2D eigenvalue weighted by Gasteiger charge is -2.37. The lowest BCUT2D eigenvalue weighted by atomic mass is 9.73. The SMILES string of the molecule is Cc1ccc(C2CC(c3ccccc3)NC(=O)C2c2ccccc2)cc1. The van der Waals surface area contributed by atoms with E-state index in [9.17, 15) is 4.79 Å². The van der Waals surface area contributed by atoms with Gasteiger partial charge in [0.2, 0.25) is 5.91 Å². The van der Waals surface area contributed by atoms with Crippen LogP contribution in [0, 0.1) is 6.92 Å². The summed E-state index contributed by atoms with van der Waals surface area (Å²) in [4.78, 5) is 13.1. The summed E-state index contributed by atoms with van der Waals surface area (Å²) >= 11 is 0. The summed E-state index contributed by atoms with van der Waals surface area (Å²) in [5.41, 5.74) is 4.73. The first-order valence-electron chi connectivity index (χ1n) is 9.19. The van der Waals surface area contributed by atoms with Gasteiger partial charge in [0.1, 0.15) is 0 Å². The van der Waals surface area contributed by atoms with Crippen LogP contribution in [0.5, 0.6) is 0 Å². The van der Waals surface area contributed by atoms with Crippen LogP contribution in [0.1, 0.15) is 46.6 Å². The van der Waals surface area contributed by atoms with Crippen LogP contribution in [-0.4, -0.2) is 5.91 Å². The number of hydrogen-bond acceptors (Lipinski definition) is 1. The summed E-state index contributed by atoms with van der Waals surface area (Å²) in [6.45, 7) is 2.10. The van der Waals surface area contributed by atoms with E-state index < -0.39 is 0 Å². The summed E-state index contributed by atoms with van der Waals surface area (Å²) in [5, 5.41) is 3.25. The third-order valence-corrected chi connectivity index (χ3v) is 5.36. The van der Waals surface area contributed by atoms with Gasteiger partial charge in [-0.3, -0.25) is 4.79 Å². The molecule has 1 aliphatic rings. The average molecular weight is 341 g/mol. The molecular weight excluding hydrogens is 318 g/mol. The van der Waals surface area contributed by atoms with Crippen molar-refractivity contribution in [2.24, 2.45) is 0 Å². The quantitative estimate of drug-likeness (QED) is 0.703. The molecule has 3 unspecified atom stereocenters. The van der Waals surface area contributed by atoms with Gasteiger partial charge in [0.15, 0.2) is 0 Å². The van der Waals surface area contributed by atoms with Crippen LogP contribution in [0.15, 0.2) is 84.9 Å². The molecule has 0 spiro atoms. The van der Waals surface area contributed by atoms with E-state index in [0.29, 0.717) is 0 Å². The largest absolute Gasteiger partial charge is 0.349 e. The Hall–Kier alpha value is -2.87. The first kappa shape index (κ1) is 16.6. The van der Waals surface area contributed by atoms with Gasteiger partial charge >= 0.3 is 0 Å². The molecule has 1 saturated heterocycles. The van der Waals surface area contributed by atoms with Crippen LogP contribution < -0.4 is 5.32 Å². The van der Waals surface area contributed by atoms with Crippen molar-refractivity contribution in [1.29, 1.82) is 0 Å². The van der Waals surface area contributed by atoms with Crippen LogP contribution in [0.3, 0.4) is 0 Å². The van der Waals surface area contributed by atoms with Gasteiger partial charge in [-0.25, -0.2) is 0 Å². The van der Waals surface area contributed by atoms with Crippen molar-refractivity contribution >= 4 is 5.91 Å². The Bertz CT molecular complexity index is 871. The molecule has 1 amide bonds. The van der Waals surface area contributed by atoms with E-state index in [1.165, 1.54) is 16.7 Å². The number of piperidine rings is 1. The Labute approximate surface area is 154 Å². The zero-order valence-electron chi connectivity index (χ0n) is 14.9. The predicted octanol–water partition coefficient (Wildman–Crippen LogP) is 5.12. The van der Waals surface area contributed by atoms with Crippen molar-refractivity contribution in [1.82, 2.24) is 5.32 Å². The molecule has 26 heavy (non-hydrogen) atoms. The second-order valence-electron chi connectivity index (χ2n) is 7.11. The fourth-order valence-electron chi connectivity index (χ4n) is 3.98. The molecule has 2 heteroatoms. The van der Waals surface area contributed by atoms with Crippen molar-refractivity contribution in [3.8, 4) is 0 Å². The van der Waals surface area contributed by atoms with Gasteiger partial charge in [0, 0.05) is 5.92 Å². The first-order valence-corrected chi connectivity index (χ1v) is 9.19. The molecular formula is C24H23NO. The highest BCUT2D eigenvalue weighted by molar-refractivity contribution is 5.86. The van der Waals surface area contributed by atoms with Crippen LogP contribution in [0.25, 0.3) is 0 Å². The number of benzene rings is 3. The molecule has 1 fully saturated rings. The van der Waals surface area contributed by atoms with E-state index in [1.54, 1.807) is 0 Å². The average Bonchev–Trinajstić information content (AvgIpc) is 2.69. The number of carbonyl (C=O) groups is 1. The molecule has 4 rings (SSSR count). The molecule has 0 aliphatic carbocycles. The molecule has 0 radical (unpaired) electrons. The first-order chi connectivity index (χ1) is 12.7. The summed E-state index contributed by atoms with van der Waals surface area (Å²) in [6.07, 6.45) is 0.901. The standard InChI is InChI=1S/C24H23NO/c1-17-12-14-18(15-13-17)21-16-22(19-8-4-2-5-9-19)25-24(26)23(21)20-10-6-3-7-11-20/h2-15,21-23H,16H2,1H3,(H,25,26). The van der Waals surface area contributed by atoms with Gasteiger partial charge in [-0.15, -0.1) is 0 Å². The molecule has 3 aromatic rings. The zero-order chi connectivity index (χ0) is 17.9. The maximum absolute atomic E-state index is 13.1. The Morgan fingerprint density at radius 2 is 1.31 bits per heavy atom. The van der Waals surface area contributed by atoms with Crippen molar-refractivity contribution in [3.63, 3.8) is 0 Å². The maximum Gasteiger partial charge on any atom is 0.228 e. The fourth-order valence-corrected chi connectivity index (χ4v) is 3.98. The number of aryl methyl sites for hydroxylation is 1. The Morgan fingerprint density at radius 1 is 0.731 bits per heavy atom. The monoisotopic (exact) mass is 341 g/mol. The smallest absolute Gasteiger partial charge is 0.228 e. The summed E-state index contributed by atoms with van der Waals surface area (Å²) < 4.78 is 0. The molecule has 3 atom stereocenters. The van der Waals surface area contributed by atoms with Gasteiger partial charge in [0.05, 0.1) is 12.0 Å².